The van der Waals surface area contributed by atoms with Gasteiger partial charge in [-0.1, -0.05) is 39.4 Å². The van der Waals surface area contributed by atoms with Crippen molar-refractivity contribution in [3.63, 3.8) is 0 Å². The number of ether oxygens (including phenoxy) is 1. The van der Waals surface area contributed by atoms with Crippen LogP contribution in [0.25, 0.3) is 0 Å². The molecule has 1 aromatic carbocycles. The van der Waals surface area contributed by atoms with E-state index in [1.54, 1.807) is 0 Å². The molecule has 0 bridgehead atoms. The second-order valence-corrected chi connectivity index (χ2v) is 11.5. The largest absolute Gasteiger partial charge is 0.426 e. The summed E-state index contributed by atoms with van der Waals surface area (Å²) < 4.78 is 5.29. The average molecular weight is 272 g/mol. The summed E-state index contributed by atoms with van der Waals surface area (Å²) in [5, 5.41) is 0. The van der Waals surface area contributed by atoms with E-state index in [1.165, 1.54) is 0 Å². The molecule has 0 aliphatic carbocycles. The monoisotopic (exact) mass is 272 g/mol. The van der Waals surface area contributed by atoms with Crippen molar-refractivity contribution < 1.29 is 9.53 Å². The van der Waals surface area contributed by atoms with E-state index in [-0.39, 0.29) is 11.4 Å². The molecule has 0 amide bonds. The third-order valence-corrected chi connectivity index (χ3v) is 3.98. The smallest absolute Gasteiger partial charge is 0.312 e. The zero-order valence-electron chi connectivity index (χ0n) is 12.3. The van der Waals surface area contributed by atoms with Gasteiger partial charge in [0.25, 0.3) is 0 Å². The molecule has 0 saturated carbocycles. The van der Waals surface area contributed by atoms with E-state index < -0.39 is 8.07 Å². The molecule has 1 heterocycles. The van der Waals surface area contributed by atoms with Crippen molar-refractivity contribution in [2.24, 2.45) is 0 Å². The van der Waals surface area contributed by atoms with Crippen LogP contribution in [0, 0.1) is 11.5 Å². The first-order chi connectivity index (χ1) is 8.67. The van der Waals surface area contributed by atoms with Crippen LogP contribution in [-0.4, -0.2) is 14.0 Å². The fourth-order valence-corrected chi connectivity index (χ4v) is 2.62. The van der Waals surface area contributed by atoms with Crippen LogP contribution >= 0.6 is 0 Å². The molecule has 0 unspecified atom stereocenters. The quantitative estimate of drug-likeness (QED) is 0.313. The molecule has 0 radical (unpaired) electrons. The van der Waals surface area contributed by atoms with Gasteiger partial charge < -0.3 is 4.74 Å². The normalized spacial score (nSPS) is 17.0. The summed E-state index contributed by atoms with van der Waals surface area (Å²) in [6.07, 6.45) is 0.422. The van der Waals surface area contributed by atoms with E-state index in [0.717, 1.165) is 11.1 Å². The molecular formula is C16H20O2Si. The lowest BCUT2D eigenvalue weighted by atomic mass is 9.79. The summed E-state index contributed by atoms with van der Waals surface area (Å²) in [6.45, 7) is 10.8. The minimum absolute atomic E-state index is 0.154. The van der Waals surface area contributed by atoms with Gasteiger partial charge in [0.05, 0.1) is 6.42 Å². The van der Waals surface area contributed by atoms with E-state index >= 15 is 0 Å². The summed E-state index contributed by atoms with van der Waals surface area (Å²) >= 11 is 0. The van der Waals surface area contributed by atoms with Crippen molar-refractivity contribution in [1.82, 2.24) is 0 Å². The molecule has 2 nitrogen and oxygen atoms in total. The van der Waals surface area contributed by atoms with Crippen LogP contribution < -0.4 is 4.74 Å². The molecule has 1 aromatic rings. The summed E-state index contributed by atoms with van der Waals surface area (Å²) in [7, 11) is -1.37. The second kappa shape index (κ2) is 4.54. The Morgan fingerprint density at radius 1 is 1.26 bits per heavy atom. The third kappa shape index (κ3) is 3.27. The first-order valence-corrected chi connectivity index (χ1v) is 10.1. The molecule has 0 aromatic heterocycles. The molecule has 2 rings (SSSR count). The molecule has 1 aliphatic heterocycles. The Morgan fingerprint density at radius 2 is 1.95 bits per heavy atom. The number of hydrogen-bond acceptors (Lipinski definition) is 2. The Kier molecular flexibility index (Phi) is 3.32. The predicted molar refractivity (Wildman–Crippen MR) is 79.9 cm³/mol. The van der Waals surface area contributed by atoms with Crippen molar-refractivity contribution >= 4 is 14.0 Å². The topological polar surface area (TPSA) is 26.3 Å². The lowest BCUT2D eigenvalue weighted by molar-refractivity contribution is -0.136. The SMILES string of the molecule is CC1(C)CC(=O)Oc2ccc(C#C[Si](C)(C)C)cc21. The fourth-order valence-electron chi connectivity index (χ4n) is 2.10. The van der Waals surface area contributed by atoms with Gasteiger partial charge in [-0.25, -0.2) is 0 Å². The minimum atomic E-state index is -1.37. The Bertz CT molecular complexity index is 583. The Hall–Kier alpha value is -1.53. The number of fused-ring (bicyclic) bond motifs is 1. The van der Waals surface area contributed by atoms with Crippen molar-refractivity contribution in [3.8, 4) is 17.2 Å². The first-order valence-electron chi connectivity index (χ1n) is 6.56. The second-order valence-electron chi connectivity index (χ2n) is 6.75. The van der Waals surface area contributed by atoms with Gasteiger partial charge in [0.2, 0.25) is 0 Å². The van der Waals surface area contributed by atoms with Gasteiger partial charge in [-0.15, -0.1) is 5.54 Å². The van der Waals surface area contributed by atoms with Crippen molar-refractivity contribution in [2.75, 3.05) is 0 Å². The molecule has 0 N–H and O–H groups in total. The van der Waals surface area contributed by atoms with Gasteiger partial charge in [-0.05, 0) is 18.2 Å². The van der Waals surface area contributed by atoms with Crippen LogP contribution in [0.1, 0.15) is 31.4 Å². The van der Waals surface area contributed by atoms with E-state index in [2.05, 4.69) is 51.0 Å². The van der Waals surface area contributed by atoms with Crippen molar-refractivity contribution in [1.29, 1.82) is 0 Å². The van der Waals surface area contributed by atoms with Crippen LogP contribution in [0.2, 0.25) is 19.6 Å². The van der Waals surface area contributed by atoms with Crippen molar-refractivity contribution in [2.45, 2.75) is 45.3 Å². The Balaban J connectivity index is 2.43. The number of benzene rings is 1. The third-order valence-electron chi connectivity index (χ3n) is 3.10. The van der Waals surface area contributed by atoms with Gasteiger partial charge in [0.1, 0.15) is 13.8 Å². The van der Waals surface area contributed by atoms with E-state index in [4.69, 9.17) is 4.74 Å². The molecule has 0 spiro atoms. The highest BCUT2D eigenvalue weighted by Gasteiger charge is 2.33. The van der Waals surface area contributed by atoms with Crippen LogP contribution in [0.4, 0.5) is 0 Å². The molecule has 0 atom stereocenters. The van der Waals surface area contributed by atoms with Crippen LogP contribution in [0.5, 0.6) is 5.75 Å². The molecule has 100 valence electrons. The van der Waals surface area contributed by atoms with E-state index in [1.807, 2.05) is 12.1 Å². The fraction of sp³-hybridized carbons (Fsp3) is 0.438. The van der Waals surface area contributed by atoms with Gasteiger partial charge in [0.15, 0.2) is 0 Å². The molecule has 0 fully saturated rings. The summed E-state index contributed by atoms with van der Waals surface area (Å²) in [4.78, 5) is 11.5. The number of rotatable bonds is 0. The Morgan fingerprint density at radius 3 is 2.58 bits per heavy atom. The highest BCUT2D eigenvalue weighted by molar-refractivity contribution is 6.83. The number of carbonyl (C=O) groups excluding carboxylic acids is 1. The van der Waals surface area contributed by atoms with Crippen LogP contribution in [-0.2, 0) is 10.2 Å². The zero-order valence-corrected chi connectivity index (χ0v) is 13.3. The van der Waals surface area contributed by atoms with Crippen LogP contribution in [0.15, 0.2) is 18.2 Å². The maximum Gasteiger partial charge on any atom is 0.312 e. The van der Waals surface area contributed by atoms with E-state index in [9.17, 15) is 4.79 Å². The van der Waals surface area contributed by atoms with E-state index in [0.29, 0.717) is 12.2 Å². The predicted octanol–water partition coefficient (Wildman–Crippen LogP) is 3.50. The number of carbonyl (C=O) groups is 1. The molecule has 3 heteroatoms. The van der Waals surface area contributed by atoms with Gasteiger partial charge in [-0.2, -0.15) is 0 Å². The van der Waals surface area contributed by atoms with Gasteiger partial charge in [0, 0.05) is 16.5 Å². The average Bonchev–Trinajstić information content (AvgIpc) is 2.24. The number of hydrogen-bond donors (Lipinski definition) is 0. The molecule has 19 heavy (non-hydrogen) atoms. The van der Waals surface area contributed by atoms with Crippen molar-refractivity contribution in [3.05, 3.63) is 29.3 Å². The highest BCUT2D eigenvalue weighted by atomic mass is 28.3. The highest BCUT2D eigenvalue weighted by Crippen LogP contribution is 2.39. The number of esters is 1. The zero-order chi connectivity index (χ0) is 14.3. The minimum Gasteiger partial charge on any atom is -0.426 e. The molecular weight excluding hydrogens is 252 g/mol. The van der Waals surface area contributed by atoms with Gasteiger partial charge in [-0.3, -0.25) is 4.79 Å². The lowest BCUT2D eigenvalue weighted by Crippen LogP contribution is -2.30. The summed E-state index contributed by atoms with van der Waals surface area (Å²) in [6, 6.07) is 5.86. The standard InChI is InChI=1S/C16H20O2Si/c1-16(2)11-15(17)18-14-7-6-12(10-13(14)16)8-9-19(3,4)5/h6-7,10H,11H2,1-5H3. The maximum atomic E-state index is 11.5. The molecule has 1 aliphatic rings. The maximum absolute atomic E-state index is 11.5. The summed E-state index contributed by atoms with van der Waals surface area (Å²) in [5.74, 6) is 3.78. The van der Waals surface area contributed by atoms with Gasteiger partial charge >= 0.3 is 5.97 Å². The van der Waals surface area contributed by atoms with Crippen LogP contribution in [0.3, 0.4) is 0 Å². The Labute approximate surface area is 116 Å². The first kappa shape index (κ1) is 13.9. The summed E-state index contributed by atoms with van der Waals surface area (Å²) in [5.41, 5.74) is 5.27. The lowest BCUT2D eigenvalue weighted by Gasteiger charge is -2.30. The molecule has 0 saturated heterocycles.